The quantitative estimate of drug-likeness (QED) is 0.574. The number of hydrogen-bond donors (Lipinski definition) is 2. The Labute approximate surface area is 127 Å². The molecule has 0 spiro atoms. The summed E-state index contributed by atoms with van der Waals surface area (Å²) in [5, 5.41) is 9.78. The molecule has 0 bridgehead atoms. The number of amides is 1. The molecule has 1 heterocycles. The third-order valence-corrected chi connectivity index (χ3v) is 5.08. The molecule has 1 aliphatic rings. The Morgan fingerprint density at radius 3 is 2.14 bits per heavy atom. The van der Waals surface area contributed by atoms with Crippen LogP contribution in [0.15, 0.2) is 0 Å². The molecule has 3 N–H and O–H groups in total. The Morgan fingerprint density at radius 1 is 1.14 bits per heavy atom. The van der Waals surface area contributed by atoms with Gasteiger partial charge in [0.2, 0.25) is 5.91 Å². The van der Waals surface area contributed by atoms with Crippen molar-refractivity contribution in [2.75, 3.05) is 50.8 Å². The lowest BCUT2D eigenvalue weighted by molar-refractivity contribution is -0.117. The van der Waals surface area contributed by atoms with Crippen LogP contribution < -0.4 is 5.73 Å². The molecule has 1 saturated heterocycles. The summed E-state index contributed by atoms with van der Waals surface area (Å²) in [6.07, 6.45) is -0.109. The Hall–Kier alpha value is -0.700. The highest BCUT2D eigenvalue weighted by Gasteiger charge is 2.23. The maximum Gasteiger partial charge on any atom is 0.218 e. The maximum absolute atomic E-state index is 11.8. The van der Waals surface area contributed by atoms with Gasteiger partial charge in [-0.1, -0.05) is 0 Å². The molecule has 1 aliphatic heterocycles. The first-order valence-electron chi connectivity index (χ1n) is 7.23. The number of piperazine rings is 1. The number of hydrogen-bond acceptors (Lipinski definition) is 6. The number of carbonyl (C=O) groups is 1. The number of primary amides is 1. The highest BCUT2D eigenvalue weighted by atomic mass is 32.2. The summed E-state index contributed by atoms with van der Waals surface area (Å²) in [5.74, 6) is -0.689. The number of aliphatic hydroxyl groups is 1. The predicted molar refractivity (Wildman–Crippen MR) is 81.6 cm³/mol. The minimum Gasteiger partial charge on any atom is -0.389 e. The van der Waals surface area contributed by atoms with E-state index in [1.807, 2.05) is 0 Å². The zero-order valence-electron chi connectivity index (χ0n) is 12.9. The summed E-state index contributed by atoms with van der Waals surface area (Å²) in [5.41, 5.74) is 4.26. The SMILES string of the molecule is CC(C)(O)CN1CCN(CCS(=O)(=O)CCC(N)=O)CC1. The summed E-state index contributed by atoms with van der Waals surface area (Å²) in [7, 11) is -3.21. The number of rotatable bonds is 8. The molecule has 0 saturated carbocycles. The van der Waals surface area contributed by atoms with Crippen molar-refractivity contribution >= 4 is 15.7 Å². The van der Waals surface area contributed by atoms with Gasteiger partial charge in [0.25, 0.3) is 0 Å². The van der Waals surface area contributed by atoms with Crippen molar-refractivity contribution < 1.29 is 18.3 Å². The largest absolute Gasteiger partial charge is 0.389 e. The van der Waals surface area contributed by atoms with Gasteiger partial charge in [-0.15, -0.1) is 0 Å². The lowest BCUT2D eigenvalue weighted by Gasteiger charge is -2.37. The lowest BCUT2D eigenvalue weighted by atomic mass is 10.1. The molecular formula is C13H27N3O4S. The normalized spacial score (nSPS) is 18.8. The van der Waals surface area contributed by atoms with E-state index in [0.717, 1.165) is 26.2 Å². The molecule has 0 atom stereocenters. The molecule has 0 unspecified atom stereocenters. The van der Waals surface area contributed by atoms with Gasteiger partial charge in [0.1, 0.15) is 0 Å². The average Bonchev–Trinajstić information content (AvgIpc) is 2.34. The van der Waals surface area contributed by atoms with E-state index < -0.39 is 21.3 Å². The van der Waals surface area contributed by atoms with Crippen molar-refractivity contribution in [1.29, 1.82) is 0 Å². The summed E-state index contributed by atoms with van der Waals surface area (Å²) in [6, 6.07) is 0. The van der Waals surface area contributed by atoms with Crippen LogP contribution in [0.1, 0.15) is 20.3 Å². The fourth-order valence-electron chi connectivity index (χ4n) is 2.34. The van der Waals surface area contributed by atoms with Crippen LogP contribution in [-0.2, 0) is 14.6 Å². The molecule has 7 nitrogen and oxygen atoms in total. The highest BCUT2D eigenvalue weighted by Crippen LogP contribution is 2.09. The van der Waals surface area contributed by atoms with E-state index in [-0.39, 0.29) is 17.9 Å². The van der Waals surface area contributed by atoms with Gasteiger partial charge < -0.3 is 10.8 Å². The first-order chi connectivity index (χ1) is 9.57. The third kappa shape index (κ3) is 8.35. The van der Waals surface area contributed by atoms with Crippen molar-refractivity contribution in [2.45, 2.75) is 25.9 Å². The van der Waals surface area contributed by atoms with Gasteiger partial charge in [-0.3, -0.25) is 14.6 Å². The molecule has 0 aromatic heterocycles. The Balaban J connectivity index is 2.28. The van der Waals surface area contributed by atoms with Crippen LogP contribution in [0.4, 0.5) is 0 Å². The fourth-order valence-corrected chi connectivity index (χ4v) is 3.60. The molecule has 1 amide bonds. The number of β-amino-alcohol motifs (C(OH)–C–C–N with tert-alkyl or cyclic N) is 1. The van der Waals surface area contributed by atoms with Crippen LogP contribution in [0.5, 0.6) is 0 Å². The average molecular weight is 321 g/mol. The van der Waals surface area contributed by atoms with Gasteiger partial charge >= 0.3 is 0 Å². The molecule has 1 rings (SSSR count). The Kier molecular flexibility index (Phi) is 6.58. The monoisotopic (exact) mass is 321 g/mol. The van der Waals surface area contributed by atoms with E-state index >= 15 is 0 Å². The van der Waals surface area contributed by atoms with Gasteiger partial charge in [-0.05, 0) is 13.8 Å². The molecule has 1 fully saturated rings. The molecule has 0 aromatic rings. The van der Waals surface area contributed by atoms with Crippen LogP contribution in [0.2, 0.25) is 0 Å². The lowest BCUT2D eigenvalue weighted by Crippen LogP contribution is -2.51. The van der Waals surface area contributed by atoms with Gasteiger partial charge in [0.15, 0.2) is 9.84 Å². The van der Waals surface area contributed by atoms with Crippen LogP contribution in [0.25, 0.3) is 0 Å². The minimum atomic E-state index is -3.21. The Morgan fingerprint density at radius 2 is 1.67 bits per heavy atom. The van der Waals surface area contributed by atoms with E-state index in [1.54, 1.807) is 13.8 Å². The standard InChI is InChI=1S/C13H27N3O4S/c1-13(2,18)11-16-6-4-15(5-7-16)8-10-21(19,20)9-3-12(14)17/h18H,3-11H2,1-2H3,(H2,14,17). The molecule has 21 heavy (non-hydrogen) atoms. The summed E-state index contributed by atoms with van der Waals surface area (Å²) in [6.45, 7) is 7.91. The van der Waals surface area contributed by atoms with Crippen LogP contribution >= 0.6 is 0 Å². The zero-order chi connectivity index (χ0) is 16.1. The third-order valence-electron chi connectivity index (χ3n) is 3.45. The summed E-state index contributed by atoms with van der Waals surface area (Å²) in [4.78, 5) is 14.9. The second-order valence-corrected chi connectivity index (χ2v) is 8.60. The van der Waals surface area contributed by atoms with Crippen molar-refractivity contribution in [3.05, 3.63) is 0 Å². The highest BCUT2D eigenvalue weighted by molar-refractivity contribution is 7.91. The van der Waals surface area contributed by atoms with Crippen molar-refractivity contribution in [3.8, 4) is 0 Å². The van der Waals surface area contributed by atoms with E-state index in [9.17, 15) is 18.3 Å². The fraction of sp³-hybridized carbons (Fsp3) is 0.923. The summed E-state index contributed by atoms with van der Waals surface area (Å²) < 4.78 is 23.5. The molecule has 0 aliphatic carbocycles. The zero-order valence-corrected chi connectivity index (χ0v) is 13.7. The van der Waals surface area contributed by atoms with Crippen LogP contribution in [0, 0.1) is 0 Å². The van der Waals surface area contributed by atoms with E-state index in [2.05, 4.69) is 9.80 Å². The molecule has 8 heteroatoms. The van der Waals surface area contributed by atoms with Crippen molar-refractivity contribution in [1.82, 2.24) is 9.80 Å². The molecule has 0 radical (unpaired) electrons. The van der Waals surface area contributed by atoms with Gasteiger partial charge in [0, 0.05) is 45.7 Å². The molecular weight excluding hydrogens is 294 g/mol. The van der Waals surface area contributed by atoms with Gasteiger partial charge in [-0.25, -0.2) is 8.42 Å². The Bertz CT molecular complexity index is 437. The number of nitrogens with two attached hydrogens (primary N) is 1. The number of carbonyl (C=O) groups excluding carboxylic acids is 1. The molecule has 124 valence electrons. The second kappa shape index (κ2) is 7.53. The van der Waals surface area contributed by atoms with E-state index in [0.29, 0.717) is 13.1 Å². The van der Waals surface area contributed by atoms with Crippen LogP contribution in [0.3, 0.4) is 0 Å². The molecule has 0 aromatic carbocycles. The predicted octanol–water partition coefficient (Wildman–Crippen LogP) is -1.33. The first-order valence-corrected chi connectivity index (χ1v) is 9.05. The first kappa shape index (κ1) is 18.3. The maximum atomic E-state index is 11.8. The van der Waals surface area contributed by atoms with E-state index in [4.69, 9.17) is 5.73 Å². The van der Waals surface area contributed by atoms with Crippen molar-refractivity contribution in [3.63, 3.8) is 0 Å². The minimum absolute atomic E-state index is 0.0613. The van der Waals surface area contributed by atoms with Gasteiger partial charge in [-0.2, -0.15) is 0 Å². The summed E-state index contributed by atoms with van der Waals surface area (Å²) >= 11 is 0. The van der Waals surface area contributed by atoms with Gasteiger partial charge in [0.05, 0.1) is 17.1 Å². The van der Waals surface area contributed by atoms with Crippen LogP contribution in [-0.4, -0.2) is 85.6 Å². The topological polar surface area (TPSA) is 104 Å². The van der Waals surface area contributed by atoms with Crippen molar-refractivity contribution in [2.24, 2.45) is 5.73 Å². The van der Waals surface area contributed by atoms with E-state index in [1.165, 1.54) is 0 Å². The number of nitrogens with zero attached hydrogens (tertiary/aromatic N) is 2. The smallest absolute Gasteiger partial charge is 0.218 e. The second-order valence-electron chi connectivity index (χ2n) is 6.30. The number of sulfone groups is 1.